The molecule has 6 nitrogen and oxygen atoms in total. The third-order valence-electron chi connectivity index (χ3n) is 6.29. The quantitative estimate of drug-likeness (QED) is 0.706. The van der Waals surface area contributed by atoms with Crippen LogP contribution in [0.1, 0.15) is 23.1 Å². The molecule has 3 heterocycles. The zero-order valence-corrected chi connectivity index (χ0v) is 16.2. The van der Waals surface area contributed by atoms with Gasteiger partial charge >= 0.3 is 12.2 Å². The van der Waals surface area contributed by atoms with E-state index in [0.29, 0.717) is 24.4 Å². The lowest BCUT2D eigenvalue weighted by molar-refractivity contribution is -0.137. The maximum Gasteiger partial charge on any atom is 0.419 e. The predicted molar refractivity (Wildman–Crippen MR) is 104 cm³/mol. The Kier molecular flexibility index (Phi) is 4.31. The monoisotopic (exact) mass is 426 g/mol. The minimum Gasteiger partial charge on any atom is -0.306 e. The Morgan fingerprint density at radius 1 is 1.06 bits per heavy atom. The SMILES string of the molecule is N#Cc1cccc(N2C(=O)C3C4CC(CN4Cc4ccccc4)N3C2=O)c1C(F)(F)F. The highest BCUT2D eigenvalue weighted by molar-refractivity contribution is 6.22. The van der Waals surface area contributed by atoms with E-state index in [0.717, 1.165) is 17.7 Å². The molecular formula is C22H17F3N4O2. The summed E-state index contributed by atoms with van der Waals surface area (Å²) in [4.78, 5) is 30.5. The number of benzene rings is 2. The van der Waals surface area contributed by atoms with Gasteiger partial charge in [0.05, 0.1) is 22.9 Å². The molecule has 2 bridgehead atoms. The average Bonchev–Trinajstić information content (AvgIpc) is 3.38. The number of hydrogen-bond acceptors (Lipinski definition) is 4. The van der Waals surface area contributed by atoms with E-state index in [1.807, 2.05) is 30.3 Å². The topological polar surface area (TPSA) is 67.7 Å². The largest absolute Gasteiger partial charge is 0.419 e. The number of nitrogens with zero attached hydrogens (tertiary/aromatic N) is 4. The molecule has 3 saturated heterocycles. The van der Waals surface area contributed by atoms with Crippen molar-refractivity contribution < 1.29 is 22.8 Å². The van der Waals surface area contributed by atoms with Crippen LogP contribution in [0.3, 0.4) is 0 Å². The molecule has 3 aliphatic heterocycles. The molecule has 3 aliphatic rings. The van der Waals surface area contributed by atoms with Crippen LogP contribution in [0.5, 0.6) is 0 Å². The number of piperazine rings is 1. The standard InChI is InChI=1S/C22H17F3N4O2/c23-22(24,25)18-14(10-26)7-4-8-16(18)29-20(30)19-17-9-15(28(19)21(29)31)12-27(17)11-13-5-2-1-3-6-13/h1-8,15,17,19H,9,11-12H2. The predicted octanol–water partition coefficient (Wildman–Crippen LogP) is 3.37. The maximum atomic E-state index is 13.7. The molecule has 5 rings (SSSR count). The van der Waals surface area contributed by atoms with Gasteiger partial charge in [-0.05, 0) is 24.1 Å². The Labute approximate surface area is 176 Å². The van der Waals surface area contributed by atoms with Crippen LogP contribution in [0.25, 0.3) is 0 Å². The van der Waals surface area contributed by atoms with E-state index in [4.69, 9.17) is 5.26 Å². The maximum absolute atomic E-state index is 13.7. The number of anilines is 1. The smallest absolute Gasteiger partial charge is 0.306 e. The first kappa shape index (κ1) is 19.6. The number of hydrogen-bond donors (Lipinski definition) is 0. The Balaban J connectivity index is 1.49. The van der Waals surface area contributed by atoms with E-state index in [-0.39, 0.29) is 12.1 Å². The number of amides is 3. The fraction of sp³-hybridized carbons (Fsp3) is 0.318. The first-order valence-electron chi connectivity index (χ1n) is 9.86. The van der Waals surface area contributed by atoms with Crippen molar-refractivity contribution in [3.05, 3.63) is 65.2 Å². The Hall–Kier alpha value is -3.38. The number of rotatable bonds is 3. The van der Waals surface area contributed by atoms with Gasteiger partial charge in [-0.25, -0.2) is 9.69 Å². The lowest BCUT2D eigenvalue weighted by Gasteiger charge is -2.34. The fourth-order valence-corrected chi connectivity index (χ4v) is 5.09. The van der Waals surface area contributed by atoms with Gasteiger partial charge in [0, 0.05) is 25.2 Å². The number of carbonyl (C=O) groups is 2. The van der Waals surface area contributed by atoms with Crippen LogP contribution >= 0.6 is 0 Å². The molecule has 3 atom stereocenters. The zero-order valence-electron chi connectivity index (χ0n) is 16.2. The van der Waals surface area contributed by atoms with E-state index < -0.39 is 41.0 Å². The summed E-state index contributed by atoms with van der Waals surface area (Å²) in [6.07, 6.45) is -4.26. The second kappa shape index (κ2) is 6.82. The van der Waals surface area contributed by atoms with Crippen LogP contribution < -0.4 is 4.90 Å². The van der Waals surface area contributed by atoms with E-state index in [2.05, 4.69) is 4.90 Å². The molecule has 0 radical (unpaired) electrons. The van der Waals surface area contributed by atoms with Crippen LogP contribution in [0, 0.1) is 11.3 Å². The molecule has 3 amide bonds. The van der Waals surface area contributed by atoms with Gasteiger partial charge in [0.25, 0.3) is 5.91 Å². The summed E-state index contributed by atoms with van der Waals surface area (Å²) >= 11 is 0. The molecule has 9 heteroatoms. The van der Waals surface area contributed by atoms with Gasteiger partial charge in [-0.1, -0.05) is 36.4 Å². The Morgan fingerprint density at radius 3 is 2.48 bits per heavy atom. The molecule has 0 N–H and O–H groups in total. The van der Waals surface area contributed by atoms with Gasteiger partial charge in [-0.15, -0.1) is 0 Å². The van der Waals surface area contributed by atoms with Crippen molar-refractivity contribution >= 4 is 17.6 Å². The molecule has 31 heavy (non-hydrogen) atoms. The summed E-state index contributed by atoms with van der Waals surface area (Å²) in [6.45, 7) is 1.17. The number of alkyl halides is 3. The molecule has 0 saturated carbocycles. The van der Waals surface area contributed by atoms with Gasteiger partial charge < -0.3 is 4.90 Å². The van der Waals surface area contributed by atoms with Crippen molar-refractivity contribution in [2.24, 2.45) is 0 Å². The second-order valence-electron chi connectivity index (χ2n) is 7.99. The fourth-order valence-electron chi connectivity index (χ4n) is 5.09. The van der Waals surface area contributed by atoms with Crippen LogP contribution in [-0.2, 0) is 17.5 Å². The van der Waals surface area contributed by atoms with Gasteiger partial charge in [-0.2, -0.15) is 18.4 Å². The molecule has 0 spiro atoms. The van der Waals surface area contributed by atoms with Gasteiger partial charge in [-0.3, -0.25) is 9.69 Å². The van der Waals surface area contributed by atoms with E-state index in [1.54, 1.807) is 0 Å². The summed E-state index contributed by atoms with van der Waals surface area (Å²) in [6, 6.07) is 12.5. The summed E-state index contributed by atoms with van der Waals surface area (Å²) in [5, 5.41) is 9.16. The third-order valence-corrected chi connectivity index (χ3v) is 6.29. The number of fused-ring (bicyclic) bond motifs is 5. The number of nitriles is 1. The van der Waals surface area contributed by atoms with E-state index >= 15 is 0 Å². The minimum absolute atomic E-state index is 0.228. The van der Waals surface area contributed by atoms with Crippen LogP contribution in [-0.4, -0.2) is 46.4 Å². The van der Waals surface area contributed by atoms with Crippen molar-refractivity contribution in [1.82, 2.24) is 9.80 Å². The highest BCUT2D eigenvalue weighted by Gasteiger charge is 2.62. The Morgan fingerprint density at radius 2 is 1.81 bits per heavy atom. The highest BCUT2D eigenvalue weighted by atomic mass is 19.4. The van der Waals surface area contributed by atoms with Gasteiger partial charge in [0.15, 0.2) is 0 Å². The first-order chi connectivity index (χ1) is 14.8. The van der Waals surface area contributed by atoms with Crippen molar-refractivity contribution in [1.29, 1.82) is 5.26 Å². The molecule has 158 valence electrons. The van der Waals surface area contributed by atoms with Crippen LogP contribution in [0.2, 0.25) is 0 Å². The van der Waals surface area contributed by atoms with Crippen LogP contribution in [0.15, 0.2) is 48.5 Å². The molecule has 0 aromatic heterocycles. The van der Waals surface area contributed by atoms with Crippen LogP contribution in [0.4, 0.5) is 23.7 Å². The number of likely N-dealkylation sites (tertiary alicyclic amines) is 1. The first-order valence-corrected chi connectivity index (χ1v) is 9.86. The lowest BCUT2D eigenvalue weighted by Crippen LogP contribution is -2.52. The minimum atomic E-state index is -4.88. The van der Waals surface area contributed by atoms with Crippen molar-refractivity contribution in [2.75, 3.05) is 11.4 Å². The molecule has 2 aromatic rings. The highest BCUT2D eigenvalue weighted by Crippen LogP contribution is 2.46. The molecule has 0 aliphatic carbocycles. The van der Waals surface area contributed by atoms with Crippen molar-refractivity contribution in [3.8, 4) is 6.07 Å². The molecule has 2 aromatic carbocycles. The summed E-state index contributed by atoms with van der Waals surface area (Å²) in [5.41, 5.74) is -1.39. The molecule has 3 fully saturated rings. The summed E-state index contributed by atoms with van der Waals surface area (Å²) in [5.74, 6) is -0.671. The van der Waals surface area contributed by atoms with Gasteiger partial charge in [0.2, 0.25) is 0 Å². The number of carbonyl (C=O) groups excluding carboxylic acids is 2. The number of urea groups is 1. The molecule has 3 unspecified atom stereocenters. The summed E-state index contributed by atoms with van der Waals surface area (Å²) in [7, 11) is 0. The average molecular weight is 426 g/mol. The molecular weight excluding hydrogens is 409 g/mol. The zero-order chi connectivity index (χ0) is 21.9. The van der Waals surface area contributed by atoms with Crippen molar-refractivity contribution in [2.45, 2.75) is 37.3 Å². The number of halogens is 3. The Bertz CT molecular complexity index is 1110. The normalized spacial score (nSPS) is 25.3. The van der Waals surface area contributed by atoms with E-state index in [9.17, 15) is 22.8 Å². The van der Waals surface area contributed by atoms with Gasteiger partial charge in [0.1, 0.15) is 6.04 Å². The lowest BCUT2D eigenvalue weighted by atomic mass is 10.0. The van der Waals surface area contributed by atoms with Crippen molar-refractivity contribution in [3.63, 3.8) is 0 Å². The summed E-state index contributed by atoms with van der Waals surface area (Å²) < 4.78 is 41.2. The third kappa shape index (κ3) is 2.90. The second-order valence-corrected chi connectivity index (χ2v) is 7.99. The van der Waals surface area contributed by atoms with E-state index in [1.165, 1.54) is 17.0 Å². The number of imide groups is 1.